The zero-order valence-corrected chi connectivity index (χ0v) is 20.4. The number of halogens is 6. The molecule has 0 unspecified atom stereocenters. The lowest BCUT2D eigenvalue weighted by molar-refractivity contribution is -0.137. The van der Waals surface area contributed by atoms with Crippen LogP contribution in [0.1, 0.15) is 5.56 Å². The molecule has 202 valence electrons. The van der Waals surface area contributed by atoms with Crippen LogP contribution in [0.4, 0.5) is 37.7 Å². The molecule has 38 heavy (non-hydrogen) atoms. The molecule has 1 fully saturated rings. The molecular weight excluding hydrogens is 536 g/mol. The van der Waals surface area contributed by atoms with Gasteiger partial charge >= 0.3 is 12.8 Å². The first-order valence-corrected chi connectivity index (χ1v) is 12.9. The lowest BCUT2D eigenvalue weighted by Gasteiger charge is -2.46. The molecular formula is C25H21F6N3O3S. The maximum absolute atomic E-state index is 14.2. The van der Waals surface area contributed by atoms with Crippen LogP contribution in [0.5, 0.6) is 5.75 Å². The van der Waals surface area contributed by atoms with Gasteiger partial charge in [-0.25, -0.2) is 12.8 Å². The summed E-state index contributed by atoms with van der Waals surface area (Å²) in [7, 11) is -4.46. The smallest absolute Gasteiger partial charge is 0.416 e. The van der Waals surface area contributed by atoms with E-state index in [1.807, 2.05) is 4.90 Å². The topological polar surface area (TPSA) is 61.9 Å². The van der Waals surface area contributed by atoms with Crippen LogP contribution in [0.2, 0.25) is 0 Å². The SMILES string of the molecule is O=S(=O)(c1cccc(C(F)(F)F)c1)N1C[C@H]2CNCCN2c2ccc(-c3cc(F)cc(OC(F)F)c3)cc21. The molecule has 3 aromatic rings. The van der Waals surface area contributed by atoms with Crippen molar-refractivity contribution in [2.45, 2.75) is 23.7 Å². The maximum atomic E-state index is 14.2. The number of rotatable bonds is 5. The number of anilines is 2. The number of hydrogen-bond acceptors (Lipinski definition) is 5. The van der Waals surface area contributed by atoms with E-state index in [2.05, 4.69) is 10.1 Å². The Balaban J connectivity index is 1.63. The highest BCUT2D eigenvalue weighted by atomic mass is 32.2. The number of sulfonamides is 1. The Morgan fingerprint density at radius 1 is 0.974 bits per heavy atom. The Morgan fingerprint density at radius 2 is 1.76 bits per heavy atom. The van der Waals surface area contributed by atoms with Gasteiger partial charge in [-0.15, -0.1) is 0 Å². The molecule has 3 aromatic carbocycles. The van der Waals surface area contributed by atoms with Gasteiger partial charge in [-0.2, -0.15) is 22.0 Å². The van der Waals surface area contributed by atoms with Crippen molar-refractivity contribution in [2.75, 3.05) is 35.4 Å². The first kappa shape index (κ1) is 26.2. The molecule has 5 rings (SSSR count). The number of nitrogens with zero attached hydrogens (tertiary/aromatic N) is 2. The molecule has 0 aromatic heterocycles. The Bertz CT molecular complexity index is 1460. The lowest BCUT2D eigenvalue weighted by atomic mass is 10.0. The van der Waals surface area contributed by atoms with Gasteiger partial charge in [0.2, 0.25) is 0 Å². The van der Waals surface area contributed by atoms with E-state index >= 15 is 0 Å². The fourth-order valence-electron chi connectivity index (χ4n) is 4.76. The highest BCUT2D eigenvalue weighted by Gasteiger charge is 2.39. The van der Waals surface area contributed by atoms with E-state index in [0.717, 1.165) is 34.6 Å². The van der Waals surface area contributed by atoms with Crippen molar-refractivity contribution in [1.82, 2.24) is 5.32 Å². The largest absolute Gasteiger partial charge is 0.435 e. The molecule has 6 nitrogen and oxygen atoms in total. The number of alkyl halides is 5. The number of fused-ring (bicyclic) bond motifs is 3. The number of ether oxygens (including phenoxy) is 1. The van der Waals surface area contributed by atoms with Crippen molar-refractivity contribution in [3.63, 3.8) is 0 Å². The van der Waals surface area contributed by atoms with Crippen LogP contribution in [0.15, 0.2) is 65.6 Å². The van der Waals surface area contributed by atoms with Crippen LogP contribution < -0.4 is 19.3 Å². The van der Waals surface area contributed by atoms with Gasteiger partial charge < -0.3 is 15.0 Å². The molecule has 1 saturated heterocycles. The zero-order valence-electron chi connectivity index (χ0n) is 19.6. The summed E-state index contributed by atoms with van der Waals surface area (Å²) in [5.74, 6) is -1.25. The summed E-state index contributed by atoms with van der Waals surface area (Å²) in [6.07, 6.45) is -4.74. The molecule has 13 heteroatoms. The maximum Gasteiger partial charge on any atom is 0.416 e. The molecule has 0 spiro atoms. The number of benzene rings is 3. The zero-order chi connectivity index (χ0) is 27.2. The predicted molar refractivity (Wildman–Crippen MR) is 128 cm³/mol. The van der Waals surface area contributed by atoms with E-state index in [1.165, 1.54) is 12.1 Å². The van der Waals surface area contributed by atoms with Gasteiger partial charge in [-0.3, -0.25) is 4.31 Å². The van der Waals surface area contributed by atoms with Crippen LogP contribution in [-0.2, 0) is 16.2 Å². The summed E-state index contributed by atoms with van der Waals surface area (Å²) >= 11 is 0. The Kier molecular flexibility index (Phi) is 6.68. The minimum Gasteiger partial charge on any atom is -0.435 e. The molecule has 1 atom stereocenters. The second-order valence-corrected chi connectivity index (χ2v) is 10.7. The van der Waals surface area contributed by atoms with Gasteiger partial charge in [0.25, 0.3) is 10.0 Å². The Hall–Kier alpha value is -3.45. The van der Waals surface area contributed by atoms with Gasteiger partial charge in [0, 0.05) is 25.7 Å². The summed E-state index contributed by atoms with van der Waals surface area (Å²) in [6.45, 7) is -1.58. The monoisotopic (exact) mass is 557 g/mol. The molecule has 0 aliphatic carbocycles. The first-order chi connectivity index (χ1) is 17.9. The summed E-state index contributed by atoms with van der Waals surface area (Å²) in [5.41, 5.74) is 0.0699. The van der Waals surface area contributed by atoms with Crippen LogP contribution in [0.25, 0.3) is 11.1 Å². The van der Waals surface area contributed by atoms with Crippen molar-refractivity contribution in [3.05, 3.63) is 72.0 Å². The molecule has 2 heterocycles. The number of hydrogen-bond donors (Lipinski definition) is 1. The average molecular weight is 558 g/mol. The molecule has 0 amide bonds. The quantitative estimate of drug-likeness (QED) is 0.443. The average Bonchev–Trinajstić information content (AvgIpc) is 2.86. The first-order valence-electron chi connectivity index (χ1n) is 11.5. The number of nitrogens with one attached hydrogen (secondary N) is 1. The minimum absolute atomic E-state index is 0.0507. The molecule has 0 radical (unpaired) electrons. The molecule has 1 N–H and O–H groups in total. The van der Waals surface area contributed by atoms with E-state index in [1.54, 1.807) is 12.1 Å². The third-order valence-corrected chi connectivity index (χ3v) is 8.24. The molecule has 2 aliphatic heterocycles. The van der Waals surface area contributed by atoms with E-state index in [4.69, 9.17) is 0 Å². The molecule has 2 aliphatic rings. The highest BCUT2D eigenvalue weighted by molar-refractivity contribution is 7.92. The summed E-state index contributed by atoms with van der Waals surface area (Å²) in [4.78, 5) is 1.48. The van der Waals surface area contributed by atoms with Crippen LogP contribution in [0, 0.1) is 5.82 Å². The summed E-state index contributed by atoms with van der Waals surface area (Å²) in [5, 5.41) is 3.19. The Labute approximate surface area is 214 Å². The standard InChI is InChI=1S/C25H21F6N3O3S/c26-18-8-16(9-20(12-18)37-24(27)28)15-4-5-22-23(10-15)34(14-19-13-32-6-7-33(19)22)38(35,36)21-3-1-2-17(11-21)25(29,30)31/h1-5,8-12,19,24,32H,6-7,13-14H2/t19-/m1/s1. The van der Waals surface area contributed by atoms with Crippen LogP contribution in [0.3, 0.4) is 0 Å². The Morgan fingerprint density at radius 3 is 2.50 bits per heavy atom. The van der Waals surface area contributed by atoms with Crippen LogP contribution in [-0.4, -0.2) is 47.3 Å². The molecule has 0 saturated carbocycles. The van der Waals surface area contributed by atoms with Crippen molar-refractivity contribution in [1.29, 1.82) is 0 Å². The van der Waals surface area contributed by atoms with E-state index < -0.39 is 44.8 Å². The van der Waals surface area contributed by atoms with Gasteiger partial charge in [-0.1, -0.05) is 12.1 Å². The summed E-state index contributed by atoms with van der Waals surface area (Å²) < 4.78 is 112. The van der Waals surface area contributed by atoms with E-state index in [-0.39, 0.29) is 23.8 Å². The van der Waals surface area contributed by atoms with E-state index in [0.29, 0.717) is 37.0 Å². The fraction of sp³-hybridized carbons (Fsp3) is 0.280. The normalized spacial score (nSPS) is 17.8. The van der Waals surface area contributed by atoms with Crippen molar-refractivity contribution in [3.8, 4) is 16.9 Å². The van der Waals surface area contributed by atoms with Gasteiger partial charge in [0.05, 0.1) is 34.4 Å². The second-order valence-electron chi connectivity index (χ2n) is 8.87. The van der Waals surface area contributed by atoms with Crippen molar-refractivity contribution >= 4 is 21.4 Å². The van der Waals surface area contributed by atoms with E-state index in [9.17, 15) is 34.8 Å². The van der Waals surface area contributed by atoms with Gasteiger partial charge in [-0.05, 0) is 53.6 Å². The van der Waals surface area contributed by atoms with Gasteiger partial charge in [0.15, 0.2) is 0 Å². The summed E-state index contributed by atoms with van der Waals surface area (Å²) in [6, 6.07) is 11.0. The van der Waals surface area contributed by atoms with Crippen molar-refractivity contribution < 1.29 is 39.5 Å². The highest BCUT2D eigenvalue weighted by Crippen LogP contribution is 2.42. The lowest BCUT2D eigenvalue weighted by Crippen LogP contribution is -2.59. The van der Waals surface area contributed by atoms with Gasteiger partial charge in [0.1, 0.15) is 11.6 Å². The minimum atomic E-state index is -4.74. The van der Waals surface area contributed by atoms with Crippen LogP contribution >= 0.6 is 0 Å². The molecule has 0 bridgehead atoms. The third-order valence-electron chi connectivity index (χ3n) is 6.46. The van der Waals surface area contributed by atoms with Crippen molar-refractivity contribution in [2.24, 2.45) is 0 Å². The number of piperazine rings is 1. The fourth-order valence-corrected chi connectivity index (χ4v) is 6.32. The predicted octanol–water partition coefficient (Wildman–Crippen LogP) is 5.10. The third kappa shape index (κ3) is 4.99. The second kappa shape index (κ2) is 9.70.